The van der Waals surface area contributed by atoms with Crippen LogP contribution in [0.15, 0.2) is 71.5 Å². The first kappa shape index (κ1) is 26.8. The van der Waals surface area contributed by atoms with Gasteiger partial charge in [-0.25, -0.2) is 14.8 Å². The van der Waals surface area contributed by atoms with Gasteiger partial charge in [-0.05, 0) is 66.3 Å². The molecule has 0 spiro atoms. The van der Waals surface area contributed by atoms with E-state index in [2.05, 4.69) is 62.7 Å². The molecule has 10 nitrogen and oxygen atoms in total. The molecule has 10 heteroatoms. The lowest BCUT2D eigenvalue weighted by Gasteiger charge is -2.29. The molecule has 7 rings (SSSR count). The van der Waals surface area contributed by atoms with Crippen molar-refractivity contribution in [2.45, 2.75) is 38.8 Å². The summed E-state index contributed by atoms with van der Waals surface area (Å²) in [4.78, 5) is 42.9. The number of benzene rings is 3. The lowest BCUT2D eigenvalue weighted by Crippen LogP contribution is -2.51. The highest BCUT2D eigenvalue weighted by Gasteiger charge is 2.37. The quantitative estimate of drug-likeness (QED) is 0.206. The van der Waals surface area contributed by atoms with Crippen molar-refractivity contribution in [1.82, 2.24) is 30.2 Å². The number of alkyl carbamates (subject to hydrolysis) is 1. The number of carbonyl (C=O) groups excluding carboxylic acids is 2. The van der Waals surface area contributed by atoms with Gasteiger partial charge in [-0.1, -0.05) is 32.0 Å². The maximum Gasteiger partial charge on any atom is 0.407 e. The summed E-state index contributed by atoms with van der Waals surface area (Å²) in [5.41, 5.74) is 7.40. The number of amides is 2. The lowest BCUT2D eigenvalue weighted by atomic mass is 10.0. The minimum absolute atomic E-state index is 0.0893. The second-order valence-electron chi connectivity index (χ2n) is 11.4. The van der Waals surface area contributed by atoms with Crippen molar-refractivity contribution in [3.05, 3.63) is 72.9 Å². The molecule has 1 saturated heterocycles. The summed E-state index contributed by atoms with van der Waals surface area (Å²) < 4.78 is 11.0. The number of imidazole rings is 2. The van der Waals surface area contributed by atoms with E-state index in [4.69, 9.17) is 14.1 Å². The molecule has 218 valence electrons. The Bertz CT molecular complexity index is 1970. The average Bonchev–Trinajstić information content (AvgIpc) is 3.83. The zero-order valence-corrected chi connectivity index (χ0v) is 24.2. The van der Waals surface area contributed by atoms with E-state index in [1.807, 2.05) is 30.9 Å². The first-order chi connectivity index (χ1) is 20.9. The van der Waals surface area contributed by atoms with Crippen molar-refractivity contribution in [2.75, 3.05) is 13.7 Å². The molecule has 2 atom stereocenters. The number of aromatic nitrogens is 4. The fourth-order valence-electron chi connectivity index (χ4n) is 6.10. The minimum atomic E-state index is -0.672. The third-order valence-electron chi connectivity index (χ3n) is 8.36. The van der Waals surface area contributed by atoms with E-state index < -0.39 is 12.1 Å². The molecule has 2 unspecified atom stereocenters. The molecular formula is C33H32N6O4. The molecule has 1 aliphatic rings. The molecule has 0 bridgehead atoms. The normalized spacial score (nSPS) is 16.0. The van der Waals surface area contributed by atoms with Gasteiger partial charge in [-0.2, -0.15) is 0 Å². The van der Waals surface area contributed by atoms with Gasteiger partial charge in [-0.15, -0.1) is 0 Å². The van der Waals surface area contributed by atoms with Crippen LogP contribution in [0.3, 0.4) is 0 Å². The molecule has 0 aliphatic carbocycles. The number of H-pyrrole nitrogens is 2. The molecule has 3 N–H and O–H groups in total. The zero-order valence-electron chi connectivity index (χ0n) is 24.2. The van der Waals surface area contributed by atoms with Crippen molar-refractivity contribution in [3.63, 3.8) is 0 Å². The number of aromatic amines is 2. The molecule has 43 heavy (non-hydrogen) atoms. The maximum absolute atomic E-state index is 13.5. The second-order valence-corrected chi connectivity index (χ2v) is 11.4. The number of nitrogens with one attached hydrogen (secondary N) is 3. The first-order valence-corrected chi connectivity index (χ1v) is 14.5. The molecule has 6 aromatic rings. The number of furan rings is 1. The summed E-state index contributed by atoms with van der Waals surface area (Å²) in [5, 5.41) is 4.83. The summed E-state index contributed by atoms with van der Waals surface area (Å²) in [6, 6.07) is 17.7. The van der Waals surface area contributed by atoms with Gasteiger partial charge < -0.3 is 29.3 Å². The molecular weight excluding hydrogens is 544 g/mol. The van der Waals surface area contributed by atoms with Crippen LogP contribution >= 0.6 is 0 Å². The predicted octanol–water partition coefficient (Wildman–Crippen LogP) is 6.56. The lowest BCUT2D eigenvalue weighted by molar-refractivity contribution is -0.135. The number of fused-ring (bicyclic) bond motifs is 4. The van der Waals surface area contributed by atoms with E-state index in [9.17, 15) is 9.59 Å². The van der Waals surface area contributed by atoms with Gasteiger partial charge in [0.1, 0.15) is 23.0 Å². The summed E-state index contributed by atoms with van der Waals surface area (Å²) in [6.45, 7) is 4.43. The molecule has 0 radical (unpaired) electrons. The topological polar surface area (TPSA) is 129 Å². The van der Waals surface area contributed by atoms with Crippen LogP contribution in [0.4, 0.5) is 4.79 Å². The summed E-state index contributed by atoms with van der Waals surface area (Å²) >= 11 is 0. The number of nitrogens with zero attached hydrogens (tertiary/aromatic N) is 3. The SMILES string of the molecule is COC(=O)NC(C(=O)N1CCCC1c1nc2ccc(-c3ccc4c(c3)oc3cc(-c5cnc[nH]5)ccc34)cc2[nH]1)C(C)C. The summed E-state index contributed by atoms with van der Waals surface area (Å²) in [7, 11) is 1.30. The van der Waals surface area contributed by atoms with E-state index in [0.29, 0.717) is 6.54 Å². The molecule has 1 aliphatic heterocycles. The van der Waals surface area contributed by atoms with E-state index in [-0.39, 0.29) is 17.9 Å². The number of ether oxygens (including phenoxy) is 1. The van der Waals surface area contributed by atoms with Crippen LogP contribution in [0.5, 0.6) is 0 Å². The van der Waals surface area contributed by atoms with Crippen molar-refractivity contribution in [3.8, 4) is 22.4 Å². The van der Waals surface area contributed by atoms with E-state index >= 15 is 0 Å². The third-order valence-corrected chi connectivity index (χ3v) is 8.36. The van der Waals surface area contributed by atoms with Gasteiger partial charge in [0.15, 0.2) is 0 Å². The van der Waals surface area contributed by atoms with Crippen LogP contribution in [0.2, 0.25) is 0 Å². The Morgan fingerprint density at radius 3 is 2.47 bits per heavy atom. The van der Waals surface area contributed by atoms with Crippen LogP contribution in [0.1, 0.15) is 38.6 Å². The highest BCUT2D eigenvalue weighted by molar-refractivity contribution is 6.07. The fraction of sp³-hybridized carbons (Fsp3) is 0.273. The van der Waals surface area contributed by atoms with E-state index in [1.54, 1.807) is 12.5 Å². The van der Waals surface area contributed by atoms with E-state index in [0.717, 1.165) is 74.0 Å². The zero-order chi connectivity index (χ0) is 29.7. The van der Waals surface area contributed by atoms with Crippen molar-refractivity contribution < 1.29 is 18.7 Å². The average molecular weight is 577 g/mol. The van der Waals surface area contributed by atoms with E-state index in [1.165, 1.54) is 7.11 Å². The smallest absolute Gasteiger partial charge is 0.407 e. The molecule has 2 amide bonds. The monoisotopic (exact) mass is 576 g/mol. The van der Waals surface area contributed by atoms with Crippen LogP contribution in [-0.2, 0) is 9.53 Å². The number of hydrogen-bond donors (Lipinski definition) is 3. The van der Waals surface area contributed by atoms with Gasteiger partial charge in [0.2, 0.25) is 5.91 Å². The number of methoxy groups -OCH3 is 1. The number of hydrogen-bond acceptors (Lipinski definition) is 6. The van der Waals surface area contributed by atoms with Crippen LogP contribution in [0.25, 0.3) is 55.4 Å². The highest BCUT2D eigenvalue weighted by atomic mass is 16.5. The minimum Gasteiger partial charge on any atom is -0.456 e. The molecule has 4 heterocycles. The molecule has 3 aromatic carbocycles. The maximum atomic E-state index is 13.5. The number of likely N-dealkylation sites (tertiary alicyclic amines) is 1. The Morgan fingerprint density at radius 2 is 1.74 bits per heavy atom. The third kappa shape index (κ3) is 4.78. The Morgan fingerprint density at radius 1 is 1.02 bits per heavy atom. The van der Waals surface area contributed by atoms with Crippen molar-refractivity contribution in [2.24, 2.45) is 5.92 Å². The van der Waals surface area contributed by atoms with Crippen LogP contribution in [-0.4, -0.2) is 56.5 Å². The van der Waals surface area contributed by atoms with Gasteiger partial charge in [-0.3, -0.25) is 4.79 Å². The molecule has 0 saturated carbocycles. The number of carbonyl (C=O) groups is 2. The van der Waals surface area contributed by atoms with Gasteiger partial charge in [0.25, 0.3) is 0 Å². The Hall–Kier alpha value is -5.12. The van der Waals surface area contributed by atoms with Crippen LogP contribution in [0, 0.1) is 5.92 Å². The standard InChI is InChI=1S/C33H32N6O4/c1-18(2)30(38-33(41)42-3)32(40)39-12-4-5-27(39)31-36-24-11-8-19(13-25(24)37-31)20-6-9-22-23-10-7-21(26-16-34-17-35-26)15-29(23)43-28(22)14-20/h6-11,13-18,27,30H,4-5,12H2,1-3H3,(H,34,35)(H,36,37)(H,38,41). The first-order valence-electron chi connectivity index (χ1n) is 14.5. The highest BCUT2D eigenvalue weighted by Crippen LogP contribution is 2.36. The molecule has 3 aromatic heterocycles. The van der Waals surface area contributed by atoms with Gasteiger partial charge >= 0.3 is 6.09 Å². The Kier molecular flexibility index (Phi) is 6.61. The predicted molar refractivity (Wildman–Crippen MR) is 164 cm³/mol. The van der Waals surface area contributed by atoms with Crippen molar-refractivity contribution >= 4 is 45.0 Å². The molecule has 1 fully saturated rings. The largest absolute Gasteiger partial charge is 0.456 e. The Balaban J connectivity index is 1.17. The van der Waals surface area contributed by atoms with Crippen LogP contribution < -0.4 is 5.32 Å². The number of rotatable bonds is 6. The van der Waals surface area contributed by atoms with Gasteiger partial charge in [0.05, 0.1) is 42.4 Å². The van der Waals surface area contributed by atoms with Gasteiger partial charge in [0, 0.05) is 22.9 Å². The summed E-state index contributed by atoms with van der Waals surface area (Å²) in [5.74, 6) is 0.535. The second kappa shape index (κ2) is 10.6. The van der Waals surface area contributed by atoms with Crippen molar-refractivity contribution in [1.29, 1.82) is 0 Å². The summed E-state index contributed by atoms with van der Waals surface area (Å²) in [6.07, 6.45) is 4.51. The fourth-order valence-corrected chi connectivity index (χ4v) is 6.10. The Labute approximate surface area is 247 Å².